The molecule has 0 unspecified atom stereocenters. The lowest BCUT2D eigenvalue weighted by Gasteiger charge is -2.16. The first kappa shape index (κ1) is 21.4. The van der Waals surface area contributed by atoms with Gasteiger partial charge in [-0.25, -0.2) is 23.1 Å². The van der Waals surface area contributed by atoms with Crippen LogP contribution in [0.4, 0.5) is 19.1 Å². The molecule has 0 aliphatic carbocycles. The van der Waals surface area contributed by atoms with Gasteiger partial charge in [-0.3, -0.25) is 9.36 Å². The minimum Gasteiger partial charge on any atom is -0.347 e. The van der Waals surface area contributed by atoms with Gasteiger partial charge in [0.05, 0.1) is 12.2 Å². The van der Waals surface area contributed by atoms with Crippen LogP contribution in [0.2, 0.25) is 0 Å². The Morgan fingerprint density at radius 1 is 1.03 bits per heavy atom. The van der Waals surface area contributed by atoms with Gasteiger partial charge in [0, 0.05) is 29.4 Å². The number of fused-ring (bicyclic) bond motifs is 1. The Hall–Kier alpha value is -4.47. The molecule has 170 valence electrons. The summed E-state index contributed by atoms with van der Waals surface area (Å²) >= 11 is 0. The quantitative estimate of drug-likeness (QED) is 0.401. The summed E-state index contributed by atoms with van der Waals surface area (Å²) in [6.07, 6.45) is 3.24. The maximum Gasteiger partial charge on any atom is 0.256 e. The van der Waals surface area contributed by atoms with Gasteiger partial charge in [-0.15, -0.1) is 0 Å². The van der Waals surface area contributed by atoms with Crippen molar-refractivity contribution in [3.8, 4) is 16.9 Å². The van der Waals surface area contributed by atoms with Crippen molar-refractivity contribution in [3.63, 3.8) is 0 Å². The minimum absolute atomic E-state index is 0.00725. The number of nitrogens with zero attached hydrogens (tertiary/aromatic N) is 4. The summed E-state index contributed by atoms with van der Waals surface area (Å²) in [5.74, 6) is -1.55. The fourth-order valence-corrected chi connectivity index (χ4v) is 3.77. The molecule has 0 atom stereocenters. The molecule has 0 spiro atoms. The molecule has 2 aromatic carbocycles. The van der Waals surface area contributed by atoms with Gasteiger partial charge < -0.3 is 10.3 Å². The molecule has 5 aromatic rings. The van der Waals surface area contributed by atoms with E-state index in [4.69, 9.17) is 0 Å². The first-order valence-corrected chi connectivity index (χ1v) is 10.3. The van der Waals surface area contributed by atoms with E-state index >= 15 is 0 Å². The van der Waals surface area contributed by atoms with Crippen molar-refractivity contribution in [2.75, 3.05) is 5.32 Å². The number of imidazole rings is 1. The highest BCUT2D eigenvalue weighted by atomic mass is 19.1. The number of pyridine rings is 1. The van der Waals surface area contributed by atoms with Crippen LogP contribution in [0.3, 0.4) is 0 Å². The molecule has 3 heterocycles. The predicted octanol–water partition coefficient (Wildman–Crippen LogP) is 4.51. The third-order valence-electron chi connectivity index (χ3n) is 5.32. The summed E-state index contributed by atoms with van der Waals surface area (Å²) in [6, 6.07) is 10.2. The molecule has 7 nitrogen and oxygen atoms in total. The van der Waals surface area contributed by atoms with Gasteiger partial charge in [-0.2, -0.15) is 4.98 Å². The summed E-state index contributed by atoms with van der Waals surface area (Å²) < 4.78 is 44.0. The Balaban J connectivity index is 1.81. The standard InChI is InChI=1S/C24H17F3N6O/c1-13-11-14(25)5-6-15(13)21-16-7-8-20(34)33(22-17(26)3-2-4-18(22)27)23(16)32-24(31-21)30-12-19-28-9-10-29-19/h2-11H,12H2,1H3,(H,28,29)(H,30,31,32). The number of aryl methyl sites for hydroxylation is 1. The summed E-state index contributed by atoms with van der Waals surface area (Å²) in [6.45, 7) is 1.94. The lowest BCUT2D eigenvalue weighted by Crippen LogP contribution is -2.21. The average Bonchev–Trinajstić information content (AvgIpc) is 3.32. The number of para-hydroxylation sites is 1. The molecule has 0 saturated heterocycles. The second-order valence-electron chi connectivity index (χ2n) is 7.56. The van der Waals surface area contributed by atoms with Gasteiger partial charge in [-0.05, 0) is 48.9 Å². The van der Waals surface area contributed by atoms with Crippen LogP contribution >= 0.6 is 0 Å². The third-order valence-corrected chi connectivity index (χ3v) is 5.32. The Labute approximate surface area is 191 Å². The lowest BCUT2D eigenvalue weighted by atomic mass is 10.0. The van der Waals surface area contributed by atoms with Crippen molar-refractivity contribution in [1.82, 2.24) is 24.5 Å². The van der Waals surface area contributed by atoms with E-state index in [1.165, 1.54) is 30.3 Å². The maximum absolute atomic E-state index is 14.7. The van der Waals surface area contributed by atoms with E-state index < -0.39 is 28.7 Å². The van der Waals surface area contributed by atoms with Gasteiger partial charge in [-0.1, -0.05) is 6.07 Å². The molecule has 10 heteroatoms. The van der Waals surface area contributed by atoms with Crippen molar-refractivity contribution in [2.24, 2.45) is 0 Å². The molecule has 0 aliphatic rings. The number of benzene rings is 2. The smallest absolute Gasteiger partial charge is 0.256 e. The number of hydrogen-bond acceptors (Lipinski definition) is 5. The third kappa shape index (κ3) is 3.79. The second kappa shape index (κ2) is 8.47. The average molecular weight is 462 g/mol. The van der Waals surface area contributed by atoms with Crippen LogP contribution in [-0.2, 0) is 6.54 Å². The minimum atomic E-state index is -0.919. The van der Waals surface area contributed by atoms with E-state index in [0.717, 1.165) is 16.7 Å². The number of anilines is 1. The molecule has 3 aromatic heterocycles. The fourth-order valence-electron chi connectivity index (χ4n) is 3.77. The molecule has 0 fully saturated rings. The van der Waals surface area contributed by atoms with E-state index in [2.05, 4.69) is 25.3 Å². The van der Waals surface area contributed by atoms with Crippen LogP contribution in [0.15, 0.2) is 65.7 Å². The summed E-state index contributed by atoms with van der Waals surface area (Å²) in [4.78, 5) is 28.9. The number of hydrogen-bond donors (Lipinski definition) is 2. The molecule has 0 saturated carbocycles. The van der Waals surface area contributed by atoms with E-state index in [1.54, 1.807) is 25.4 Å². The zero-order chi connectivity index (χ0) is 23.8. The summed E-state index contributed by atoms with van der Waals surface area (Å²) in [7, 11) is 0. The van der Waals surface area contributed by atoms with Crippen LogP contribution in [-0.4, -0.2) is 24.5 Å². The normalized spacial score (nSPS) is 11.2. The number of aromatic nitrogens is 5. The van der Waals surface area contributed by atoms with E-state index in [-0.39, 0.29) is 18.1 Å². The first-order valence-electron chi connectivity index (χ1n) is 10.3. The summed E-state index contributed by atoms with van der Waals surface area (Å²) in [5, 5.41) is 3.38. The lowest BCUT2D eigenvalue weighted by molar-refractivity contribution is 0.568. The molecule has 34 heavy (non-hydrogen) atoms. The molecule has 5 rings (SSSR count). The van der Waals surface area contributed by atoms with Crippen molar-refractivity contribution in [3.05, 3.63) is 100 Å². The predicted molar refractivity (Wildman–Crippen MR) is 121 cm³/mol. The number of H-pyrrole nitrogens is 1. The molecular formula is C24H17F3N6O. The van der Waals surface area contributed by atoms with Crippen LogP contribution in [0, 0.1) is 24.4 Å². The van der Waals surface area contributed by atoms with Crippen LogP contribution in [0.1, 0.15) is 11.4 Å². The Bertz CT molecular complexity index is 1560. The van der Waals surface area contributed by atoms with Gasteiger partial charge in [0.1, 0.15) is 29.0 Å². The van der Waals surface area contributed by atoms with Crippen LogP contribution in [0.25, 0.3) is 28.0 Å². The first-order chi connectivity index (χ1) is 16.4. The van der Waals surface area contributed by atoms with Gasteiger partial charge in [0.15, 0.2) is 5.65 Å². The molecule has 0 aliphatic heterocycles. The monoisotopic (exact) mass is 462 g/mol. The highest BCUT2D eigenvalue weighted by molar-refractivity contribution is 5.93. The molecule has 0 radical (unpaired) electrons. The van der Waals surface area contributed by atoms with Gasteiger partial charge >= 0.3 is 0 Å². The van der Waals surface area contributed by atoms with Crippen molar-refractivity contribution < 1.29 is 13.2 Å². The largest absolute Gasteiger partial charge is 0.347 e. The van der Waals surface area contributed by atoms with E-state index in [9.17, 15) is 18.0 Å². The molecule has 2 N–H and O–H groups in total. The zero-order valence-electron chi connectivity index (χ0n) is 17.8. The van der Waals surface area contributed by atoms with Gasteiger partial charge in [0.2, 0.25) is 5.95 Å². The Morgan fingerprint density at radius 3 is 2.53 bits per heavy atom. The number of nitrogens with one attached hydrogen (secondary N) is 2. The van der Waals surface area contributed by atoms with Crippen LogP contribution in [0.5, 0.6) is 0 Å². The summed E-state index contributed by atoms with van der Waals surface area (Å²) in [5.41, 5.74) is 0.312. The van der Waals surface area contributed by atoms with E-state index in [1.807, 2.05) is 0 Å². The highest BCUT2D eigenvalue weighted by Gasteiger charge is 2.20. The Kier molecular flexibility index (Phi) is 5.33. The number of halogens is 3. The molecule has 0 amide bonds. The Morgan fingerprint density at radius 2 is 1.82 bits per heavy atom. The number of aromatic amines is 1. The van der Waals surface area contributed by atoms with Crippen LogP contribution < -0.4 is 10.9 Å². The SMILES string of the molecule is Cc1cc(F)ccc1-c1nc(NCc2ncc[nH]2)nc2c1ccc(=O)n2-c1c(F)cccc1F. The molecule has 0 bridgehead atoms. The van der Waals surface area contributed by atoms with Gasteiger partial charge in [0.25, 0.3) is 5.56 Å². The van der Waals surface area contributed by atoms with Crippen molar-refractivity contribution in [1.29, 1.82) is 0 Å². The molecular weight excluding hydrogens is 445 g/mol. The van der Waals surface area contributed by atoms with Crippen molar-refractivity contribution >= 4 is 17.0 Å². The maximum atomic E-state index is 14.7. The second-order valence-corrected chi connectivity index (χ2v) is 7.56. The topological polar surface area (TPSA) is 88.5 Å². The zero-order valence-corrected chi connectivity index (χ0v) is 17.8. The highest BCUT2D eigenvalue weighted by Crippen LogP contribution is 2.31. The van der Waals surface area contributed by atoms with Crippen molar-refractivity contribution in [2.45, 2.75) is 13.5 Å². The fraction of sp³-hybridized carbons (Fsp3) is 0.0833. The van der Waals surface area contributed by atoms with E-state index in [0.29, 0.717) is 28.0 Å². The number of rotatable bonds is 5.